The fraction of sp³-hybridized carbons (Fsp3) is 0.465. The number of anilines is 4. The molecule has 17 nitrogen and oxygen atoms in total. The molecule has 5 aromatic rings. The Labute approximate surface area is 346 Å². The lowest BCUT2D eigenvalue weighted by molar-refractivity contribution is -0.134. The Kier molecular flexibility index (Phi) is 9.77. The predicted molar refractivity (Wildman–Crippen MR) is 225 cm³/mol. The molecule has 5 saturated heterocycles. The summed E-state index contributed by atoms with van der Waals surface area (Å²) in [5.74, 6) is 0.328. The molecule has 10 rings (SSSR count). The number of hydrogen-bond acceptors (Lipinski definition) is 12. The van der Waals surface area contributed by atoms with E-state index in [-0.39, 0.29) is 29.6 Å². The minimum Gasteiger partial charge on any atom is -0.382 e. The second kappa shape index (κ2) is 15.4. The van der Waals surface area contributed by atoms with Crippen molar-refractivity contribution in [2.75, 3.05) is 81.1 Å². The summed E-state index contributed by atoms with van der Waals surface area (Å²) in [5.41, 5.74) is 11.2. The topological polar surface area (TPSA) is 202 Å². The first-order chi connectivity index (χ1) is 29.2. The monoisotopic (exact) mass is 814 g/mol. The highest BCUT2D eigenvalue weighted by atomic mass is 16.5. The van der Waals surface area contributed by atoms with Crippen molar-refractivity contribution in [1.29, 1.82) is 0 Å². The molecule has 17 heteroatoms. The molecule has 5 aliphatic heterocycles. The fourth-order valence-electron chi connectivity index (χ4n) is 10.0. The Morgan fingerprint density at radius 3 is 2.52 bits per heavy atom. The van der Waals surface area contributed by atoms with Crippen molar-refractivity contribution in [2.45, 2.75) is 56.4 Å². The number of imide groups is 1. The highest BCUT2D eigenvalue weighted by Gasteiger charge is 2.37. The van der Waals surface area contributed by atoms with Crippen LogP contribution in [0.25, 0.3) is 21.9 Å². The molecule has 1 unspecified atom stereocenters. The van der Waals surface area contributed by atoms with E-state index in [1.54, 1.807) is 17.3 Å². The van der Waals surface area contributed by atoms with Crippen LogP contribution in [-0.4, -0.2) is 131 Å². The number of piperidine rings is 3. The Bertz CT molecular complexity index is 2470. The van der Waals surface area contributed by atoms with E-state index in [1.807, 2.05) is 36.2 Å². The van der Waals surface area contributed by atoms with Gasteiger partial charge in [-0.25, -0.2) is 19.9 Å². The number of rotatable bonds is 10. The largest absolute Gasteiger partial charge is 0.382 e. The van der Waals surface area contributed by atoms with E-state index in [1.165, 1.54) is 5.56 Å². The summed E-state index contributed by atoms with van der Waals surface area (Å²) in [6.07, 6.45) is 8.18. The number of aromatic nitrogens is 4. The molecule has 2 atom stereocenters. The van der Waals surface area contributed by atoms with E-state index in [2.05, 4.69) is 47.6 Å². The van der Waals surface area contributed by atoms with Crippen LogP contribution in [0.2, 0.25) is 0 Å². The lowest BCUT2D eigenvalue weighted by atomic mass is 9.88. The first-order valence-corrected chi connectivity index (χ1v) is 21.2. The normalized spacial score (nSPS) is 22.2. The summed E-state index contributed by atoms with van der Waals surface area (Å²) in [6.45, 7) is 7.92. The number of nitrogens with zero attached hydrogens (tertiary/aromatic N) is 8. The molecule has 0 bridgehead atoms. The Morgan fingerprint density at radius 1 is 0.950 bits per heavy atom. The summed E-state index contributed by atoms with van der Waals surface area (Å²) < 4.78 is 5.91. The molecule has 60 heavy (non-hydrogen) atoms. The second-order valence-corrected chi connectivity index (χ2v) is 17.1. The van der Waals surface area contributed by atoms with E-state index in [0.717, 1.165) is 106 Å². The standard InChI is InChI=1S/C43H50N12O5/c1-51-17-18-55(43(51)59)29-3-2-14-53(24-29)34-20-46-39(40(44)57)41(48-34)47-28-6-4-26(5-7-28)27-11-15-52(16-12-27)21-25-22-54(23-25)32-19-33-36(30-10-13-45-37(30)32)38(50-60-33)31-8-9-35(56)49-42(31)58/h4-7,10,13,19-20,25,27,29,31,50H,2-3,8-9,11-12,14-18,21-24H2,1H3,(H2,44,57)(H,47,48)(H,49,56,58)/t29-,31?/m1/s1. The summed E-state index contributed by atoms with van der Waals surface area (Å²) >= 11 is 0. The van der Waals surface area contributed by atoms with Gasteiger partial charge < -0.3 is 40.1 Å². The first kappa shape index (κ1) is 38.0. The number of aromatic amines is 1. The number of benzene rings is 2. The molecule has 0 radical (unpaired) electrons. The van der Waals surface area contributed by atoms with Gasteiger partial charge in [0.15, 0.2) is 17.1 Å². The van der Waals surface area contributed by atoms with Crippen LogP contribution in [0.3, 0.4) is 0 Å². The van der Waals surface area contributed by atoms with Gasteiger partial charge in [0.05, 0.1) is 40.4 Å². The van der Waals surface area contributed by atoms with Crippen LogP contribution in [0.4, 0.5) is 27.8 Å². The number of likely N-dealkylation sites (N-methyl/N-ethyl adjacent to an activating group) is 1. The summed E-state index contributed by atoms with van der Waals surface area (Å²) in [6, 6.07) is 12.6. The van der Waals surface area contributed by atoms with Gasteiger partial charge in [-0.3, -0.25) is 24.7 Å². The number of H-pyrrole nitrogens is 1. The van der Waals surface area contributed by atoms with E-state index in [4.69, 9.17) is 20.2 Å². The van der Waals surface area contributed by atoms with Gasteiger partial charge in [0.25, 0.3) is 5.91 Å². The second-order valence-electron chi connectivity index (χ2n) is 17.1. The van der Waals surface area contributed by atoms with Crippen LogP contribution in [0, 0.1) is 5.92 Å². The zero-order valence-corrected chi connectivity index (χ0v) is 33.7. The average molecular weight is 815 g/mol. The third-order valence-electron chi connectivity index (χ3n) is 13.3. The zero-order chi connectivity index (χ0) is 41.1. The highest BCUT2D eigenvalue weighted by molar-refractivity contribution is 6.13. The molecule has 3 aromatic heterocycles. The molecule has 5 N–H and O–H groups in total. The quantitative estimate of drug-likeness (QED) is 0.147. The fourth-order valence-corrected chi connectivity index (χ4v) is 10.0. The Hall–Kier alpha value is -6.23. The van der Waals surface area contributed by atoms with E-state index in [9.17, 15) is 19.2 Å². The summed E-state index contributed by atoms with van der Waals surface area (Å²) in [7, 11) is 1.84. The van der Waals surface area contributed by atoms with Crippen LogP contribution in [0.15, 0.2) is 53.3 Å². The maximum absolute atomic E-state index is 12.7. The number of nitrogens with one attached hydrogen (secondary N) is 3. The van der Waals surface area contributed by atoms with Crippen molar-refractivity contribution in [3.05, 3.63) is 65.7 Å². The van der Waals surface area contributed by atoms with Crippen molar-refractivity contribution in [3.63, 3.8) is 0 Å². The number of nitrogens with two attached hydrogens (primary N) is 1. The van der Waals surface area contributed by atoms with Crippen LogP contribution >= 0.6 is 0 Å². The Morgan fingerprint density at radius 2 is 1.77 bits per heavy atom. The maximum atomic E-state index is 12.7. The number of primary amides is 1. The van der Waals surface area contributed by atoms with Gasteiger partial charge >= 0.3 is 6.03 Å². The molecule has 5 amide bonds. The molecule has 0 aliphatic carbocycles. The Balaban J connectivity index is 0.735. The van der Waals surface area contributed by atoms with Crippen molar-refractivity contribution in [1.82, 2.24) is 40.1 Å². The first-order valence-electron chi connectivity index (χ1n) is 21.2. The van der Waals surface area contributed by atoms with Crippen molar-refractivity contribution in [3.8, 4) is 0 Å². The summed E-state index contributed by atoms with van der Waals surface area (Å²) in [5, 5.41) is 10.6. The van der Waals surface area contributed by atoms with Gasteiger partial charge in [-0.05, 0) is 74.9 Å². The lowest BCUT2D eigenvalue weighted by Gasteiger charge is -2.44. The number of urea groups is 1. The molecule has 5 fully saturated rings. The van der Waals surface area contributed by atoms with Gasteiger partial charge in [0.1, 0.15) is 5.82 Å². The molecule has 5 aliphatic rings. The van der Waals surface area contributed by atoms with Gasteiger partial charge in [0, 0.05) is 88.5 Å². The number of hydrogen-bond donors (Lipinski definition) is 4. The number of carbonyl (C=O) groups is 4. The van der Waals surface area contributed by atoms with Crippen molar-refractivity contribution in [2.24, 2.45) is 11.7 Å². The van der Waals surface area contributed by atoms with Crippen LogP contribution in [0.1, 0.15) is 72.1 Å². The van der Waals surface area contributed by atoms with Gasteiger partial charge in [-0.15, -0.1) is 0 Å². The molecule has 312 valence electrons. The van der Waals surface area contributed by atoms with E-state index in [0.29, 0.717) is 54.1 Å². The minimum absolute atomic E-state index is 0.0685. The van der Waals surface area contributed by atoms with Crippen molar-refractivity contribution >= 4 is 68.6 Å². The summed E-state index contributed by atoms with van der Waals surface area (Å²) in [4.78, 5) is 74.3. The highest BCUT2D eigenvalue weighted by Crippen LogP contribution is 2.41. The molecular weight excluding hydrogens is 765 g/mol. The third kappa shape index (κ3) is 7.03. The predicted octanol–water partition coefficient (Wildman–Crippen LogP) is 4.11. The van der Waals surface area contributed by atoms with Crippen LogP contribution in [0.5, 0.6) is 0 Å². The minimum atomic E-state index is -0.649. The van der Waals surface area contributed by atoms with E-state index < -0.39 is 11.8 Å². The van der Waals surface area contributed by atoms with Crippen LogP contribution in [-0.2, 0) is 9.59 Å². The molecule has 0 saturated carbocycles. The number of carbonyl (C=O) groups excluding carboxylic acids is 4. The SMILES string of the molecule is CN1CCN([C@@H]2CCCN(c3cnc(C(N)=O)c(Nc4ccc(C5CCN(CC6CN(c7cc8o[nH]c(C9CCC(=O)NC9=O)c8c8ccnc78)C6)CC5)cc4)n3)C2)C1=O. The van der Waals surface area contributed by atoms with E-state index >= 15 is 0 Å². The third-order valence-corrected chi connectivity index (χ3v) is 13.3. The van der Waals surface area contributed by atoms with Gasteiger partial charge in [0.2, 0.25) is 11.8 Å². The number of amides is 5. The zero-order valence-electron chi connectivity index (χ0n) is 33.7. The van der Waals surface area contributed by atoms with Gasteiger partial charge in [-0.1, -0.05) is 12.1 Å². The molecule has 8 heterocycles. The number of fused-ring (bicyclic) bond motifs is 3. The lowest BCUT2D eigenvalue weighted by Crippen LogP contribution is -2.52. The smallest absolute Gasteiger partial charge is 0.320 e. The molecule has 0 spiro atoms. The maximum Gasteiger partial charge on any atom is 0.320 e. The van der Waals surface area contributed by atoms with Crippen LogP contribution < -0.4 is 26.2 Å². The van der Waals surface area contributed by atoms with Crippen molar-refractivity contribution < 1.29 is 23.7 Å². The number of likely N-dealkylation sites (tertiary alicyclic amines) is 1. The molecular formula is C43H50N12O5. The van der Waals surface area contributed by atoms with Gasteiger partial charge in [-0.2, -0.15) is 0 Å². The average Bonchev–Trinajstić information content (AvgIpc) is 3.98. The molecule has 2 aromatic carbocycles.